The molecule has 0 radical (unpaired) electrons. The predicted octanol–water partition coefficient (Wildman–Crippen LogP) is 5.08. The van der Waals surface area contributed by atoms with Gasteiger partial charge in [-0.15, -0.1) is 0 Å². The molecule has 0 fully saturated rings. The number of amides is 2. The van der Waals surface area contributed by atoms with Gasteiger partial charge >= 0.3 is 6.03 Å². The van der Waals surface area contributed by atoms with Crippen LogP contribution in [0.15, 0.2) is 24.4 Å². The summed E-state index contributed by atoms with van der Waals surface area (Å²) >= 11 is 1.41. The van der Waals surface area contributed by atoms with E-state index in [1.165, 1.54) is 11.3 Å². The summed E-state index contributed by atoms with van der Waals surface area (Å²) in [6.07, 6.45) is 5.74. The van der Waals surface area contributed by atoms with Gasteiger partial charge in [-0.1, -0.05) is 38.0 Å². The van der Waals surface area contributed by atoms with E-state index in [9.17, 15) is 4.79 Å². The predicted molar refractivity (Wildman–Crippen MR) is 111 cm³/mol. The fraction of sp³-hybridized carbons (Fsp3) is 0.474. The van der Waals surface area contributed by atoms with Crippen LogP contribution >= 0.6 is 11.3 Å². The lowest BCUT2D eigenvalue weighted by Crippen LogP contribution is -2.29. The molecule has 0 saturated carbocycles. The molecule has 0 bridgehead atoms. The van der Waals surface area contributed by atoms with Crippen molar-refractivity contribution in [3.05, 3.63) is 24.4 Å². The van der Waals surface area contributed by atoms with Crippen molar-refractivity contribution in [1.82, 2.24) is 10.3 Å². The summed E-state index contributed by atoms with van der Waals surface area (Å²) in [6, 6.07) is 5.13. The van der Waals surface area contributed by atoms with Crippen LogP contribution in [-0.4, -0.2) is 31.2 Å². The monoisotopic (exact) mass is 392 g/mol. The first-order valence-corrected chi connectivity index (χ1v) is 10.1. The Morgan fingerprint density at radius 1 is 1.19 bits per heavy atom. The van der Waals surface area contributed by atoms with E-state index in [-0.39, 0.29) is 6.03 Å². The van der Waals surface area contributed by atoms with Gasteiger partial charge in [0.1, 0.15) is 0 Å². The average molecular weight is 393 g/mol. The molecule has 0 unspecified atom stereocenters. The minimum atomic E-state index is -0.220. The van der Waals surface area contributed by atoms with Gasteiger partial charge < -0.3 is 25.4 Å². The molecular formula is C19H28N4O3S. The number of rotatable bonds is 11. The highest BCUT2D eigenvalue weighted by molar-refractivity contribution is 7.17. The standard InChI is InChI=1S/C19H28N4O3S/c1-4-6-7-10-21-18(24)23-14-8-9-15(16(12-14)25-11-5-2)26-17-13-22-19(20-3)27-17/h8-9,12-13H,4-7,10-11H2,1-3H3,(H,20,22)(H2,21,23,24). The molecule has 148 valence electrons. The first kappa shape index (κ1) is 20.8. The number of hydrogen-bond acceptors (Lipinski definition) is 6. The fourth-order valence-electron chi connectivity index (χ4n) is 2.28. The number of hydrogen-bond donors (Lipinski definition) is 3. The number of ether oxygens (including phenoxy) is 2. The summed E-state index contributed by atoms with van der Waals surface area (Å²) in [4.78, 5) is 16.2. The molecule has 0 spiro atoms. The van der Waals surface area contributed by atoms with Crippen LogP contribution < -0.4 is 25.4 Å². The van der Waals surface area contributed by atoms with Crippen LogP contribution in [0, 0.1) is 0 Å². The normalized spacial score (nSPS) is 10.3. The molecule has 1 aromatic heterocycles. The van der Waals surface area contributed by atoms with Crippen LogP contribution in [0.25, 0.3) is 0 Å². The summed E-state index contributed by atoms with van der Waals surface area (Å²) in [5.74, 6) is 1.17. The molecule has 3 N–H and O–H groups in total. The largest absolute Gasteiger partial charge is 0.490 e. The van der Waals surface area contributed by atoms with Crippen molar-refractivity contribution in [2.45, 2.75) is 39.5 Å². The maximum absolute atomic E-state index is 12.0. The Morgan fingerprint density at radius 2 is 2.04 bits per heavy atom. The fourth-order valence-corrected chi connectivity index (χ4v) is 2.91. The van der Waals surface area contributed by atoms with Crippen molar-refractivity contribution in [3.8, 4) is 16.6 Å². The zero-order valence-corrected chi connectivity index (χ0v) is 16.9. The van der Waals surface area contributed by atoms with Crippen molar-refractivity contribution in [2.75, 3.05) is 30.8 Å². The van der Waals surface area contributed by atoms with Crippen molar-refractivity contribution in [3.63, 3.8) is 0 Å². The number of anilines is 2. The van der Waals surface area contributed by atoms with Crippen LogP contribution in [0.5, 0.6) is 16.6 Å². The van der Waals surface area contributed by atoms with Crippen molar-refractivity contribution >= 4 is 28.2 Å². The van der Waals surface area contributed by atoms with Crippen molar-refractivity contribution in [1.29, 1.82) is 0 Å². The number of carbonyl (C=O) groups excluding carboxylic acids is 1. The minimum absolute atomic E-state index is 0.220. The summed E-state index contributed by atoms with van der Waals surface area (Å²) in [6.45, 7) is 5.40. The smallest absolute Gasteiger partial charge is 0.319 e. The summed E-state index contributed by atoms with van der Waals surface area (Å²) < 4.78 is 11.7. The molecule has 0 aliphatic rings. The first-order chi connectivity index (χ1) is 13.2. The molecule has 0 aliphatic carbocycles. The van der Waals surface area contributed by atoms with Gasteiger partial charge in [-0.3, -0.25) is 0 Å². The van der Waals surface area contributed by atoms with Gasteiger partial charge in [0.05, 0.1) is 12.8 Å². The number of thiazole rings is 1. The SMILES string of the molecule is CCCCCNC(=O)Nc1ccc(Oc2cnc(NC)s2)c(OCCC)c1. The van der Waals surface area contributed by atoms with E-state index in [0.717, 1.165) is 30.8 Å². The Balaban J connectivity index is 2.03. The second-order valence-corrected chi connectivity index (χ2v) is 6.93. The first-order valence-electron chi connectivity index (χ1n) is 9.29. The van der Waals surface area contributed by atoms with Crippen molar-refractivity contribution < 1.29 is 14.3 Å². The summed E-state index contributed by atoms with van der Waals surface area (Å²) in [5, 5.41) is 10.1. The maximum Gasteiger partial charge on any atom is 0.319 e. The molecule has 2 amide bonds. The quantitative estimate of drug-likeness (QED) is 0.465. The molecule has 1 aromatic carbocycles. The van der Waals surface area contributed by atoms with Crippen LogP contribution in [0.1, 0.15) is 39.5 Å². The van der Waals surface area contributed by atoms with Gasteiger partial charge in [0.25, 0.3) is 0 Å². The highest BCUT2D eigenvalue weighted by Crippen LogP contribution is 2.37. The highest BCUT2D eigenvalue weighted by Gasteiger charge is 2.11. The van der Waals surface area contributed by atoms with Crippen LogP contribution in [-0.2, 0) is 0 Å². The molecule has 27 heavy (non-hydrogen) atoms. The average Bonchev–Trinajstić information content (AvgIpc) is 3.13. The van der Waals surface area contributed by atoms with Crippen LogP contribution in [0.4, 0.5) is 15.6 Å². The van der Waals surface area contributed by atoms with E-state index in [2.05, 4.69) is 27.9 Å². The minimum Gasteiger partial charge on any atom is -0.490 e. The third kappa shape index (κ3) is 6.97. The maximum atomic E-state index is 12.0. The molecular weight excluding hydrogens is 364 g/mol. The summed E-state index contributed by atoms with van der Waals surface area (Å²) in [5.41, 5.74) is 0.654. The Kier molecular flexibility index (Phi) is 8.70. The van der Waals surface area contributed by atoms with E-state index in [4.69, 9.17) is 9.47 Å². The molecule has 0 saturated heterocycles. The van der Waals surface area contributed by atoms with E-state index in [0.29, 0.717) is 35.4 Å². The van der Waals surface area contributed by atoms with E-state index in [1.807, 2.05) is 14.0 Å². The lowest BCUT2D eigenvalue weighted by atomic mass is 10.2. The number of unbranched alkanes of at least 4 members (excludes halogenated alkanes) is 2. The number of nitrogens with zero attached hydrogens (tertiary/aromatic N) is 1. The van der Waals surface area contributed by atoms with Gasteiger partial charge in [-0.05, 0) is 25.0 Å². The highest BCUT2D eigenvalue weighted by atomic mass is 32.1. The van der Waals surface area contributed by atoms with Gasteiger partial charge in [0.2, 0.25) is 5.06 Å². The lowest BCUT2D eigenvalue weighted by molar-refractivity contribution is 0.252. The van der Waals surface area contributed by atoms with E-state index >= 15 is 0 Å². The van der Waals surface area contributed by atoms with Gasteiger partial charge in [0, 0.05) is 25.3 Å². The Bertz CT molecular complexity index is 721. The second kappa shape index (κ2) is 11.3. The topological polar surface area (TPSA) is 84.5 Å². The van der Waals surface area contributed by atoms with Gasteiger partial charge in [-0.2, -0.15) is 0 Å². The Morgan fingerprint density at radius 3 is 2.74 bits per heavy atom. The number of benzene rings is 1. The third-order valence-corrected chi connectivity index (χ3v) is 4.53. The van der Waals surface area contributed by atoms with E-state index < -0.39 is 0 Å². The van der Waals surface area contributed by atoms with Gasteiger partial charge in [-0.25, -0.2) is 9.78 Å². The van der Waals surface area contributed by atoms with E-state index in [1.54, 1.807) is 24.4 Å². The zero-order valence-electron chi connectivity index (χ0n) is 16.1. The number of aromatic nitrogens is 1. The number of urea groups is 1. The molecule has 0 atom stereocenters. The second-order valence-electron chi connectivity index (χ2n) is 5.93. The van der Waals surface area contributed by atoms with Gasteiger partial charge in [0.15, 0.2) is 16.6 Å². The Hall–Kier alpha value is -2.48. The molecule has 0 aliphatic heterocycles. The lowest BCUT2D eigenvalue weighted by Gasteiger charge is -2.13. The zero-order chi connectivity index (χ0) is 19.5. The number of carbonyl (C=O) groups is 1. The third-order valence-electron chi connectivity index (χ3n) is 3.64. The molecule has 7 nitrogen and oxygen atoms in total. The van der Waals surface area contributed by atoms with Crippen molar-refractivity contribution in [2.24, 2.45) is 0 Å². The molecule has 2 rings (SSSR count). The molecule has 1 heterocycles. The Labute approximate surface area is 164 Å². The van der Waals surface area contributed by atoms with Crippen LogP contribution in [0.2, 0.25) is 0 Å². The number of nitrogens with one attached hydrogen (secondary N) is 3. The molecule has 2 aromatic rings. The summed E-state index contributed by atoms with van der Waals surface area (Å²) in [7, 11) is 1.81. The van der Waals surface area contributed by atoms with Crippen LogP contribution in [0.3, 0.4) is 0 Å². The molecule has 8 heteroatoms.